The van der Waals surface area contributed by atoms with Crippen molar-refractivity contribution in [2.45, 2.75) is 25.8 Å². The van der Waals surface area contributed by atoms with Crippen LogP contribution in [0.15, 0.2) is 47.8 Å². The number of nitrogens with zero attached hydrogens (tertiary/aromatic N) is 5. The zero-order chi connectivity index (χ0) is 20.9. The Bertz CT molecular complexity index is 884. The fourth-order valence-electron chi connectivity index (χ4n) is 4.44. The van der Waals surface area contributed by atoms with E-state index in [1.807, 2.05) is 12.3 Å². The van der Waals surface area contributed by atoms with Crippen LogP contribution in [0.2, 0.25) is 0 Å². The maximum absolute atomic E-state index is 12.5. The number of anilines is 1. The molecule has 1 aromatic carbocycles. The first-order chi connectivity index (χ1) is 14.7. The van der Waals surface area contributed by atoms with E-state index >= 15 is 0 Å². The Morgan fingerprint density at radius 2 is 1.70 bits per heavy atom. The number of piperazine rings is 1. The molecule has 2 aliphatic heterocycles. The summed E-state index contributed by atoms with van der Waals surface area (Å²) in [5.74, 6) is -0.00122. The van der Waals surface area contributed by atoms with Crippen molar-refractivity contribution in [3.8, 4) is 0 Å². The Labute approximate surface area is 178 Å². The normalized spacial score (nSPS) is 19.2. The molecule has 7 nitrogen and oxygen atoms in total. The summed E-state index contributed by atoms with van der Waals surface area (Å²) in [6.07, 6.45) is 4.66. The molecule has 2 aromatic rings. The molecule has 0 bridgehead atoms. The average Bonchev–Trinajstić information content (AvgIpc) is 3.16. The number of hydrogen-bond acceptors (Lipinski definition) is 5. The highest BCUT2D eigenvalue weighted by Crippen LogP contribution is 2.21. The first kappa shape index (κ1) is 20.5. The standard InChI is InChI=1S/C23H31N5O2/c1-25-13-10-21(24-30)22-20(23(25)29)9-14-28(22)12-6-5-11-26-15-17-27(18-16-26)19-7-3-2-4-8-19/h2-4,7-9,14,30H,5-6,10-13,15-18H2,1H3/b24-21-. The van der Waals surface area contributed by atoms with Gasteiger partial charge in [0.2, 0.25) is 0 Å². The number of amides is 1. The number of fused-ring (bicyclic) bond motifs is 1. The van der Waals surface area contributed by atoms with Gasteiger partial charge in [0, 0.05) is 64.6 Å². The van der Waals surface area contributed by atoms with Crippen molar-refractivity contribution in [2.75, 3.05) is 51.2 Å². The van der Waals surface area contributed by atoms with Crippen molar-refractivity contribution in [2.24, 2.45) is 5.16 Å². The zero-order valence-corrected chi connectivity index (χ0v) is 17.7. The third kappa shape index (κ3) is 4.36. The monoisotopic (exact) mass is 409 g/mol. The maximum atomic E-state index is 12.5. The van der Waals surface area contributed by atoms with Crippen LogP contribution in [0.3, 0.4) is 0 Å². The van der Waals surface area contributed by atoms with Gasteiger partial charge in [0.1, 0.15) is 5.71 Å². The average molecular weight is 410 g/mol. The first-order valence-electron chi connectivity index (χ1n) is 10.9. The van der Waals surface area contributed by atoms with Crippen LogP contribution in [0.25, 0.3) is 0 Å². The van der Waals surface area contributed by atoms with Gasteiger partial charge in [-0.2, -0.15) is 0 Å². The Hall–Kier alpha value is -2.80. The van der Waals surface area contributed by atoms with Crippen molar-refractivity contribution in [1.29, 1.82) is 0 Å². The van der Waals surface area contributed by atoms with Gasteiger partial charge in [-0.25, -0.2) is 0 Å². The lowest BCUT2D eigenvalue weighted by Gasteiger charge is -2.36. The molecule has 4 rings (SSSR count). The number of carbonyl (C=O) groups is 1. The smallest absolute Gasteiger partial charge is 0.255 e. The number of para-hydroxylation sites is 1. The third-order valence-electron chi connectivity index (χ3n) is 6.24. The minimum Gasteiger partial charge on any atom is -0.411 e. The Kier molecular flexibility index (Phi) is 6.38. The van der Waals surface area contributed by atoms with Crippen LogP contribution in [0, 0.1) is 0 Å². The van der Waals surface area contributed by atoms with Gasteiger partial charge in [-0.3, -0.25) is 9.69 Å². The van der Waals surface area contributed by atoms with Crippen LogP contribution in [0.1, 0.15) is 35.3 Å². The van der Waals surface area contributed by atoms with E-state index < -0.39 is 0 Å². The maximum Gasteiger partial charge on any atom is 0.255 e. The van der Waals surface area contributed by atoms with Crippen LogP contribution >= 0.6 is 0 Å². The van der Waals surface area contributed by atoms with Crippen LogP contribution < -0.4 is 4.90 Å². The number of rotatable bonds is 6. The quantitative estimate of drug-likeness (QED) is 0.453. The largest absolute Gasteiger partial charge is 0.411 e. The predicted octanol–water partition coefficient (Wildman–Crippen LogP) is 2.74. The third-order valence-corrected chi connectivity index (χ3v) is 6.24. The topological polar surface area (TPSA) is 64.3 Å². The first-order valence-corrected chi connectivity index (χ1v) is 10.9. The van der Waals surface area contributed by atoms with Gasteiger partial charge in [-0.1, -0.05) is 23.4 Å². The van der Waals surface area contributed by atoms with Crippen molar-refractivity contribution in [3.63, 3.8) is 0 Å². The van der Waals surface area contributed by atoms with E-state index in [1.165, 1.54) is 5.69 Å². The van der Waals surface area contributed by atoms with Crippen LogP contribution in [-0.4, -0.2) is 77.5 Å². The summed E-state index contributed by atoms with van der Waals surface area (Å²) in [7, 11) is 1.79. The van der Waals surface area contributed by atoms with Crippen LogP contribution in [0.5, 0.6) is 0 Å². The zero-order valence-electron chi connectivity index (χ0n) is 17.7. The Morgan fingerprint density at radius 3 is 2.43 bits per heavy atom. The van der Waals surface area contributed by atoms with E-state index in [9.17, 15) is 10.0 Å². The van der Waals surface area contributed by atoms with Gasteiger partial charge in [0.05, 0.1) is 11.3 Å². The summed E-state index contributed by atoms with van der Waals surface area (Å²) in [5.41, 5.74) is 3.33. The summed E-state index contributed by atoms with van der Waals surface area (Å²) >= 11 is 0. The minimum absolute atomic E-state index is 0.00122. The van der Waals surface area contributed by atoms with Crippen molar-refractivity contribution < 1.29 is 10.0 Å². The number of benzene rings is 1. The summed E-state index contributed by atoms with van der Waals surface area (Å²) in [4.78, 5) is 19.2. The number of hydrogen-bond donors (Lipinski definition) is 1. The number of aryl methyl sites for hydroxylation is 1. The SMILES string of the molecule is CN1CC/C(=N/O)c2c(ccn2CCCCN2CCN(c3ccccc3)CC2)C1=O. The molecule has 0 radical (unpaired) electrons. The second-order valence-electron chi connectivity index (χ2n) is 8.17. The lowest BCUT2D eigenvalue weighted by molar-refractivity contribution is 0.0801. The second-order valence-corrected chi connectivity index (χ2v) is 8.17. The van der Waals surface area contributed by atoms with Gasteiger partial charge in [-0.15, -0.1) is 0 Å². The van der Waals surface area contributed by atoms with Crippen molar-refractivity contribution in [3.05, 3.63) is 53.9 Å². The van der Waals surface area contributed by atoms with Gasteiger partial charge in [0.25, 0.3) is 5.91 Å². The highest BCUT2D eigenvalue weighted by atomic mass is 16.4. The molecule has 1 fully saturated rings. The molecule has 0 atom stereocenters. The Morgan fingerprint density at radius 1 is 0.967 bits per heavy atom. The fraction of sp³-hybridized carbons (Fsp3) is 0.478. The van der Waals surface area contributed by atoms with E-state index in [0.29, 0.717) is 24.2 Å². The minimum atomic E-state index is -0.00122. The molecule has 1 aromatic heterocycles. The van der Waals surface area contributed by atoms with Gasteiger partial charge >= 0.3 is 0 Å². The van der Waals surface area contributed by atoms with Crippen LogP contribution in [-0.2, 0) is 6.54 Å². The molecule has 160 valence electrons. The lowest BCUT2D eigenvalue weighted by Crippen LogP contribution is -2.46. The second kappa shape index (κ2) is 9.34. The van der Waals surface area contributed by atoms with Gasteiger partial charge < -0.3 is 19.6 Å². The molecule has 1 saturated heterocycles. The number of unbranched alkanes of at least 4 members (excludes halogenated alkanes) is 1. The van der Waals surface area contributed by atoms with E-state index in [1.54, 1.807) is 11.9 Å². The van der Waals surface area contributed by atoms with Crippen molar-refractivity contribution >= 4 is 17.3 Å². The van der Waals surface area contributed by atoms with Gasteiger partial charge in [-0.05, 0) is 37.6 Å². The predicted molar refractivity (Wildman–Crippen MR) is 119 cm³/mol. The fourth-order valence-corrected chi connectivity index (χ4v) is 4.44. The molecule has 2 aliphatic rings. The van der Waals surface area contributed by atoms with Crippen LogP contribution in [0.4, 0.5) is 5.69 Å². The number of aromatic nitrogens is 1. The van der Waals surface area contributed by atoms with Crippen molar-refractivity contribution in [1.82, 2.24) is 14.4 Å². The van der Waals surface area contributed by atoms with E-state index in [0.717, 1.165) is 57.8 Å². The molecule has 0 saturated carbocycles. The van der Waals surface area contributed by atoms with E-state index in [2.05, 4.69) is 49.9 Å². The molecular formula is C23H31N5O2. The Balaban J connectivity index is 1.27. The molecule has 7 heteroatoms. The number of oxime groups is 1. The molecule has 30 heavy (non-hydrogen) atoms. The molecule has 0 unspecified atom stereocenters. The molecule has 1 amide bonds. The summed E-state index contributed by atoms with van der Waals surface area (Å²) in [6.45, 7) is 6.82. The molecule has 0 spiro atoms. The van der Waals surface area contributed by atoms with E-state index in [4.69, 9.17) is 0 Å². The molecule has 1 N–H and O–H groups in total. The number of carbonyl (C=O) groups excluding carboxylic acids is 1. The highest BCUT2D eigenvalue weighted by Gasteiger charge is 2.27. The molecular weight excluding hydrogens is 378 g/mol. The van der Waals surface area contributed by atoms with Gasteiger partial charge in [0.15, 0.2) is 0 Å². The summed E-state index contributed by atoms with van der Waals surface area (Å²) in [6, 6.07) is 12.5. The summed E-state index contributed by atoms with van der Waals surface area (Å²) < 4.78 is 2.08. The molecule has 0 aliphatic carbocycles. The van der Waals surface area contributed by atoms with E-state index in [-0.39, 0.29) is 5.91 Å². The summed E-state index contributed by atoms with van der Waals surface area (Å²) in [5, 5.41) is 12.9. The molecule has 3 heterocycles. The lowest BCUT2D eigenvalue weighted by atomic mass is 10.1. The highest BCUT2D eigenvalue weighted by molar-refractivity contribution is 6.10.